The van der Waals surface area contributed by atoms with Crippen LogP contribution in [0.4, 0.5) is 5.69 Å². The Morgan fingerprint density at radius 3 is 1.98 bits per heavy atom. The van der Waals surface area contributed by atoms with Crippen LogP contribution < -0.4 is 5.32 Å². The molecule has 1 atom stereocenters. The van der Waals surface area contributed by atoms with Crippen molar-refractivity contribution in [3.05, 3.63) is 163 Å². The smallest absolute Gasteiger partial charge is 0.201 e. The van der Waals surface area contributed by atoms with E-state index in [1.165, 1.54) is 0 Å². The highest BCUT2D eigenvalue weighted by Gasteiger charge is 2.27. The quantitative estimate of drug-likeness (QED) is 0.212. The number of hydrogen-bond donors (Lipinski definition) is 1. The van der Waals surface area contributed by atoms with Crippen LogP contribution in [0.25, 0.3) is 76.8 Å². The number of fused-ring (bicyclic) bond motifs is 11. The van der Waals surface area contributed by atoms with Crippen molar-refractivity contribution in [1.29, 1.82) is 0 Å². The summed E-state index contributed by atoms with van der Waals surface area (Å²) in [4.78, 5) is 5.46. The van der Waals surface area contributed by atoms with Crippen LogP contribution in [-0.2, 0) is 0 Å². The second-order valence-corrected chi connectivity index (χ2v) is 12.7. The molecule has 0 fully saturated rings. The number of nitrogens with one attached hydrogen (secondary N) is 1. The maximum atomic E-state index is 6.64. The molecule has 0 radical (unpaired) electrons. The molecule has 0 bridgehead atoms. The highest BCUT2D eigenvalue weighted by Crippen LogP contribution is 2.44. The molecule has 3 aromatic heterocycles. The number of hydrogen-bond acceptors (Lipinski definition) is 4. The lowest BCUT2D eigenvalue weighted by atomic mass is 9.99. The van der Waals surface area contributed by atoms with E-state index >= 15 is 0 Å². The van der Waals surface area contributed by atoms with Crippen molar-refractivity contribution in [2.24, 2.45) is 4.99 Å². The van der Waals surface area contributed by atoms with Gasteiger partial charge in [-0.15, -0.1) is 0 Å². The van der Waals surface area contributed by atoms with Gasteiger partial charge in [0.2, 0.25) is 6.29 Å². The summed E-state index contributed by atoms with van der Waals surface area (Å²) in [6, 6.07) is 52.9. The second kappa shape index (κ2) is 9.96. The van der Waals surface area contributed by atoms with Crippen molar-refractivity contribution in [3.8, 4) is 11.1 Å². The van der Waals surface area contributed by atoms with Gasteiger partial charge in [-0.05, 0) is 42.0 Å². The van der Waals surface area contributed by atoms with Crippen LogP contribution in [0.15, 0.2) is 165 Å². The Bertz CT molecular complexity index is 2980. The Hall–Kier alpha value is -6.59. The third kappa shape index (κ3) is 3.78. The van der Waals surface area contributed by atoms with Crippen LogP contribution in [0.3, 0.4) is 0 Å². The average Bonchev–Trinajstić information content (AvgIpc) is 3.84. The van der Waals surface area contributed by atoms with Gasteiger partial charge in [-0.3, -0.25) is 0 Å². The summed E-state index contributed by atoms with van der Waals surface area (Å²) in [6.45, 7) is 0. The summed E-state index contributed by atoms with van der Waals surface area (Å²) >= 11 is 0. The minimum atomic E-state index is -0.413. The summed E-state index contributed by atoms with van der Waals surface area (Å²) < 4.78 is 15.5. The van der Waals surface area contributed by atoms with Crippen molar-refractivity contribution in [2.75, 3.05) is 5.32 Å². The van der Waals surface area contributed by atoms with Crippen molar-refractivity contribution >= 4 is 77.1 Å². The molecule has 4 heterocycles. The van der Waals surface area contributed by atoms with Crippen molar-refractivity contribution in [3.63, 3.8) is 0 Å². The number of benzene rings is 7. The third-order valence-corrected chi connectivity index (χ3v) is 10.0. The van der Waals surface area contributed by atoms with Crippen LogP contribution in [0, 0.1) is 0 Å². The number of aliphatic imine (C=N–C) groups is 1. The summed E-state index contributed by atoms with van der Waals surface area (Å²) in [6.07, 6.45) is -0.413. The number of anilines is 1. The molecule has 7 aromatic carbocycles. The van der Waals surface area contributed by atoms with Gasteiger partial charge in [0.15, 0.2) is 0 Å². The average molecular weight is 630 g/mol. The van der Waals surface area contributed by atoms with Crippen molar-refractivity contribution in [2.45, 2.75) is 6.29 Å². The van der Waals surface area contributed by atoms with Crippen LogP contribution in [-0.4, -0.2) is 10.3 Å². The molecule has 0 aliphatic carbocycles. The molecule has 1 unspecified atom stereocenters. The van der Waals surface area contributed by atoms with Gasteiger partial charge >= 0.3 is 0 Å². The van der Waals surface area contributed by atoms with Crippen LogP contribution >= 0.6 is 0 Å². The number of rotatable bonds is 3. The van der Waals surface area contributed by atoms with Crippen LogP contribution in [0.1, 0.15) is 17.4 Å². The fourth-order valence-electron chi connectivity index (χ4n) is 7.84. The first kappa shape index (κ1) is 26.5. The Labute approximate surface area is 280 Å². The number of furan rings is 2. The molecule has 230 valence electrons. The van der Waals surface area contributed by atoms with Crippen LogP contribution in [0.5, 0.6) is 0 Å². The van der Waals surface area contributed by atoms with E-state index < -0.39 is 6.29 Å². The molecule has 0 saturated heterocycles. The second-order valence-electron chi connectivity index (χ2n) is 12.7. The Kier molecular flexibility index (Phi) is 5.38. The molecule has 1 N–H and O–H groups in total. The fraction of sp³-hybridized carbons (Fsp3) is 0.0227. The number of para-hydroxylation sites is 4. The van der Waals surface area contributed by atoms with Gasteiger partial charge in [0, 0.05) is 49.3 Å². The van der Waals surface area contributed by atoms with E-state index in [0.717, 1.165) is 99.3 Å². The molecule has 0 spiro atoms. The molecule has 5 nitrogen and oxygen atoms in total. The summed E-state index contributed by atoms with van der Waals surface area (Å²) in [5.41, 5.74) is 12.0. The topological polar surface area (TPSA) is 55.6 Å². The largest absolute Gasteiger partial charge is 0.455 e. The molecule has 11 rings (SSSR count). The zero-order valence-corrected chi connectivity index (χ0v) is 26.2. The molecule has 0 saturated carbocycles. The van der Waals surface area contributed by atoms with Crippen LogP contribution in [0.2, 0.25) is 0 Å². The third-order valence-electron chi connectivity index (χ3n) is 10.0. The van der Waals surface area contributed by atoms with E-state index in [9.17, 15) is 0 Å². The lowest BCUT2D eigenvalue weighted by molar-refractivity contribution is 0.624. The first-order valence-corrected chi connectivity index (χ1v) is 16.6. The van der Waals surface area contributed by atoms with Crippen molar-refractivity contribution < 1.29 is 8.83 Å². The fourth-order valence-corrected chi connectivity index (χ4v) is 7.84. The highest BCUT2D eigenvalue weighted by atomic mass is 16.3. The predicted octanol–water partition coefficient (Wildman–Crippen LogP) is 11.7. The Morgan fingerprint density at radius 1 is 0.490 bits per heavy atom. The molecule has 5 heteroatoms. The van der Waals surface area contributed by atoms with Gasteiger partial charge in [-0.1, -0.05) is 115 Å². The summed E-state index contributed by atoms with van der Waals surface area (Å²) in [7, 11) is 0. The monoisotopic (exact) mass is 629 g/mol. The van der Waals surface area contributed by atoms with Crippen molar-refractivity contribution in [1.82, 2.24) is 4.57 Å². The molecule has 0 amide bonds. The first-order chi connectivity index (χ1) is 24.3. The van der Waals surface area contributed by atoms with E-state index in [2.05, 4.69) is 131 Å². The molecular weight excluding hydrogens is 603 g/mol. The number of nitrogens with zero attached hydrogens (tertiary/aromatic N) is 2. The molecule has 1 aliphatic heterocycles. The van der Waals surface area contributed by atoms with Gasteiger partial charge in [-0.2, -0.15) is 0 Å². The lowest BCUT2D eigenvalue weighted by Gasteiger charge is -2.28. The lowest BCUT2D eigenvalue weighted by Crippen LogP contribution is -2.24. The Balaban J connectivity index is 1.23. The standard InChI is InChI=1S/C44H27N3O2/c1-2-11-26(12-3-1)41-33-15-4-7-18-35(33)45-44(46-41)47-36-24-23-32-30-14-6-9-20-39(30)49-43(32)40(36)34-22-21-27(25-37(34)47)28-16-10-17-31-29-13-5-8-19-38(29)48-42(28)31/h1-25,44-45H. The molecular formula is C44H27N3O2. The minimum Gasteiger partial charge on any atom is -0.455 e. The Morgan fingerprint density at radius 2 is 1.14 bits per heavy atom. The van der Waals surface area contributed by atoms with Gasteiger partial charge in [-0.25, -0.2) is 4.99 Å². The number of aromatic nitrogens is 1. The molecule has 1 aliphatic rings. The SMILES string of the molecule is c1ccc(C2=NC(n3c4cc(-c5cccc6c5oc5ccccc56)ccc4c4c5oc6ccccc6c5ccc43)Nc3ccccc32)cc1. The molecule has 10 aromatic rings. The van der Waals surface area contributed by atoms with E-state index in [1.807, 2.05) is 30.3 Å². The molecule has 49 heavy (non-hydrogen) atoms. The normalized spacial score (nSPS) is 14.6. The predicted molar refractivity (Wildman–Crippen MR) is 201 cm³/mol. The van der Waals surface area contributed by atoms with E-state index in [1.54, 1.807) is 0 Å². The maximum Gasteiger partial charge on any atom is 0.201 e. The van der Waals surface area contributed by atoms with E-state index in [4.69, 9.17) is 13.8 Å². The zero-order chi connectivity index (χ0) is 32.1. The zero-order valence-electron chi connectivity index (χ0n) is 26.2. The van der Waals surface area contributed by atoms with Gasteiger partial charge in [0.1, 0.15) is 22.3 Å². The summed E-state index contributed by atoms with van der Waals surface area (Å²) in [5, 5.41) is 10.4. The van der Waals surface area contributed by atoms with Gasteiger partial charge in [0.25, 0.3) is 0 Å². The van der Waals surface area contributed by atoms with E-state index in [0.29, 0.717) is 0 Å². The highest BCUT2D eigenvalue weighted by molar-refractivity contribution is 6.24. The minimum absolute atomic E-state index is 0.413. The summed E-state index contributed by atoms with van der Waals surface area (Å²) in [5.74, 6) is 0. The van der Waals surface area contributed by atoms with Gasteiger partial charge < -0.3 is 18.7 Å². The maximum absolute atomic E-state index is 6.64. The first-order valence-electron chi connectivity index (χ1n) is 16.6. The van der Waals surface area contributed by atoms with Gasteiger partial charge in [0.05, 0.1) is 22.1 Å². The van der Waals surface area contributed by atoms with E-state index in [-0.39, 0.29) is 0 Å².